The topological polar surface area (TPSA) is 211 Å². The first kappa shape index (κ1) is 46.5. The second-order valence-electron chi connectivity index (χ2n) is 15.1. The van der Waals surface area contributed by atoms with Gasteiger partial charge in [-0.15, -0.1) is 0 Å². The maximum Gasteiger partial charge on any atom is 0.408 e. The smallest absolute Gasteiger partial charge is 0.408 e. The van der Waals surface area contributed by atoms with Gasteiger partial charge in [0.1, 0.15) is 37.1 Å². The Morgan fingerprint density at radius 2 is 1.06 bits per heavy atom. The molecule has 0 aliphatic rings. The number of ketones is 3. The number of Topliss-reactive ketones (excluding diaryl/α,β-unsaturated/α-hetero) is 3. The first-order chi connectivity index (χ1) is 22.8. The van der Waals surface area contributed by atoms with Crippen LogP contribution in [0.2, 0.25) is 0 Å². The molecule has 0 heterocycles. The molecule has 6 atom stereocenters. The molecule has 0 fully saturated rings. The van der Waals surface area contributed by atoms with Crippen LogP contribution in [-0.2, 0) is 32.1 Å². The summed E-state index contributed by atoms with van der Waals surface area (Å²) in [7, 11) is 0. The summed E-state index contributed by atoms with van der Waals surface area (Å²) in [6.45, 7) is 16.5. The van der Waals surface area contributed by atoms with E-state index in [2.05, 4.69) is 5.32 Å². The molecule has 2 unspecified atom stereocenters. The van der Waals surface area contributed by atoms with E-state index in [0.717, 1.165) is 11.1 Å². The average Bonchev–Trinajstić information content (AvgIpc) is 3.04. The van der Waals surface area contributed by atoms with Crippen molar-refractivity contribution in [3.8, 4) is 0 Å². The number of nitrogens with one attached hydrogen (secondary N) is 1. The van der Waals surface area contributed by atoms with E-state index in [9.17, 15) is 34.5 Å². The van der Waals surface area contributed by atoms with E-state index < -0.39 is 71.3 Å². The van der Waals surface area contributed by atoms with E-state index in [1.807, 2.05) is 81.4 Å². The van der Waals surface area contributed by atoms with Crippen molar-refractivity contribution >= 4 is 23.4 Å². The van der Waals surface area contributed by atoms with Crippen molar-refractivity contribution in [1.82, 2.24) is 5.32 Å². The Hall–Kier alpha value is -3.52. The van der Waals surface area contributed by atoms with E-state index in [1.165, 1.54) is 6.92 Å². The van der Waals surface area contributed by atoms with Crippen LogP contribution in [0.25, 0.3) is 0 Å². The third-order valence-corrected chi connectivity index (χ3v) is 7.22. The molecule has 2 aromatic carbocycles. The molecule has 0 aromatic heterocycles. The number of alkyl carbamates (subject to hydrolysis) is 1. The summed E-state index contributed by atoms with van der Waals surface area (Å²) in [5.41, 5.74) is 0.0674. The average molecular weight is 706 g/mol. The van der Waals surface area contributed by atoms with Crippen LogP contribution in [0.5, 0.6) is 0 Å². The van der Waals surface area contributed by atoms with Crippen molar-refractivity contribution in [2.45, 2.75) is 119 Å². The standard InChI is InChI=1S/C21H25NO3.C10H20O6.C7H14O2/c1-21(2,3)19(23)18(14-16-10-6-4-7-11-16)22-20(24)25-15-17-12-8-5-9-13-17;1-10(2,3)9(16)8(15)7(14)6(13)5(12)4-11;1-5(8)6(9)7(2,3)4/h4-13,18H,14-15H2,1-3H3,(H,22,24);5-8,11-15H,4H2,1-3H3;5,8H,1-4H3/t;5-,6-,7+,8-;/m.1./s1. The zero-order chi connectivity index (χ0) is 39.0. The highest BCUT2D eigenvalue weighted by Gasteiger charge is 2.38. The summed E-state index contributed by atoms with van der Waals surface area (Å²) in [5, 5.41) is 57.3. The Morgan fingerprint density at radius 1 is 0.640 bits per heavy atom. The molecule has 12 heteroatoms. The molecular weight excluding hydrogens is 646 g/mol. The zero-order valence-corrected chi connectivity index (χ0v) is 31.1. The normalized spacial score (nSPS) is 15.3. The largest absolute Gasteiger partial charge is 0.445 e. The maximum absolute atomic E-state index is 12.7. The van der Waals surface area contributed by atoms with Gasteiger partial charge in [-0.05, 0) is 24.5 Å². The van der Waals surface area contributed by atoms with Crippen molar-refractivity contribution in [3.05, 3.63) is 71.8 Å². The lowest BCUT2D eigenvalue weighted by Crippen LogP contribution is -2.51. The highest BCUT2D eigenvalue weighted by Crippen LogP contribution is 2.21. The minimum Gasteiger partial charge on any atom is -0.445 e. The molecular formula is C38H59NO11. The van der Waals surface area contributed by atoms with Crippen molar-refractivity contribution in [1.29, 1.82) is 0 Å². The second-order valence-corrected chi connectivity index (χ2v) is 15.1. The minimum atomic E-state index is -1.83. The van der Waals surface area contributed by atoms with Gasteiger partial charge < -0.3 is 40.7 Å². The van der Waals surface area contributed by atoms with E-state index in [4.69, 9.17) is 20.1 Å². The first-order valence-corrected chi connectivity index (χ1v) is 16.5. The predicted molar refractivity (Wildman–Crippen MR) is 190 cm³/mol. The fourth-order valence-corrected chi connectivity index (χ4v) is 4.24. The van der Waals surface area contributed by atoms with E-state index in [0.29, 0.717) is 6.42 Å². The molecule has 282 valence electrons. The van der Waals surface area contributed by atoms with Crippen LogP contribution >= 0.6 is 0 Å². The number of aliphatic hydroxyl groups excluding tert-OH is 6. The molecule has 0 saturated heterocycles. The zero-order valence-electron chi connectivity index (χ0n) is 31.1. The van der Waals surface area contributed by atoms with Gasteiger partial charge in [0.25, 0.3) is 0 Å². The van der Waals surface area contributed by atoms with Crippen LogP contribution in [0.1, 0.15) is 80.4 Å². The molecule has 2 aromatic rings. The minimum absolute atomic E-state index is 0.0204. The lowest BCUT2D eigenvalue weighted by Gasteiger charge is -2.28. The highest BCUT2D eigenvalue weighted by molar-refractivity contribution is 5.91. The molecule has 0 aliphatic carbocycles. The molecule has 1 amide bonds. The molecule has 12 nitrogen and oxygen atoms in total. The molecule has 0 radical (unpaired) electrons. The van der Waals surface area contributed by atoms with Gasteiger partial charge in [0.05, 0.1) is 12.6 Å². The fraction of sp³-hybridized carbons (Fsp3) is 0.579. The van der Waals surface area contributed by atoms with E-state index >= 15 is 0 Å². The van der Waals surface area contributed by atoms with Crippen LogP contribution < -0.4 is 5.32 Å². The number of rotatable bonds is 12. The summed E-state index contributed by atoms with van der Waals surface area (Å²) in [6, 6.07) is 18.5. The number of amides is 1. The summed E-state index contributed by atoms with van der Waals surface area (Å²) >= 11 is 0. The number of aliphatic hydroxyl groups is 6. The number of hydrogen-bond donors (Lipinski definition) is 7. The lowest BCUT2D eigenvalue weighted by molar-refractivity contribution is -0.153. The van der Waals surface area contributed by atoms with Gasteiger partial charge in [-0.25, -0.2) is 4.79 Å². The van der Waals surface area contributed by atoms with E-state index in [-0.39, 0.29) is 18.2 Å². The summed E-state index contributed by atoms with van der Waals surface area (Å²) in [4.78, 5) is 47.3. The van der Waals surface area contributed by atoms with Crippen LogP contribution in [-0.4, -0.2) is 97.3 Å². The quantitative estimate of drug-likeness (QED) is 0.171. The third-order valence-electron chi connectivity index (χ3n) is 7.22. The molecule has 50 heavy (non-hydrogen) atoms. The number of carbonyl (C=O) groups is 4. The molecule has 0 spiro atoms. The Bertz CT molecular complexity index is 1310. The SMILES string of the molecule is CC(C)(C)C(=O)C(Cc1ccccc1)NC(=O)OCc1ccccc1.CC(C)(C)C(=O)[C@H](O)[C@@H](O)[C@H](O)[C@H](O)CO.CC(O)C(=O)C(C)(C)C. The van der Waals surface area contributed by atoms with Gasteiger partial charge in [0.2, 0.25) is 0 Å². The van der Waals surface area contributed by atoms with Crippen LogP contribution in [0, 0.1) is 16.2 Å². The maximum atomic E-state index is 12.7. The molecule has 0 aliphatic heterocycles. The summed E-state index contributed by atoms with van der Waals surface area (Å²) in [5.74, 6) is -0.778. The van der Waals surface area contributed by atoms with Gasteiger partial charge in [-0.1, -0.05) is 123 Å². The van der Waals surface area contributed by atoms with Crippen molar-refractivity contribution in [2.75, 3.05) is 6.61 Å². The highest BCUT2D eigenvalue weighted by atomic mass is 16.5. The van der Waals surface area contributed by atoms with Crippen LogP contribution in [0.4, 0.5) is 4.79 Å². The van der Waals surface area contributed by atoms with Gasteiger partial charge in [-0.3, -0.25) is 14.4 Å². The molecule has 2 rings (SSSR count). The Kier molecular flexibility index (Phi) is 19.5. The van der Waals surface area contributed by atoms with Gasteiger partial charge >= 0.3 is 6.09 Å². The van der Waals surface area contributed by atoms with E-state index in [1.54, 1.807) is 41.5 Å². The number of ether oxygens (including phenoxy) is 1. The first-order valence-electron chi connectivity index (χ1n) is 16.5. The Balaban J connectivity index is 0.000000821. The third kappa shape index (κ3) is 17.4. The van der Waals surface area contributed by atoms with Gasteiger partial charge in [0, 0.05) is 16.2 Å². The van der Waals surface area contributed by atoms with Crippen LogP contribution in [0.3, 0.4) is 0 Å². The number of carbonyl (C=O) groups excluding carboxylic acids is 4. The second kappa shape index (κ2) is 21.0. The van der Waals surface area contributed by atoms with Crippen molar-refractivity contribution < 1.29 is 54.6 Å². The van der Waals surface area contributed by atoms with Crippen molar-refractivity contribution in [3.63, 3.8) is 0 Å². The molecule has 0 bridgehead atoms. The van der Waals surface area contributed by atoms with Gasteiger partial charge in [0.15, 0.2) is 17.3 Å². The monoisotopic (exact) mass is 705 g/mol. The van der Waals surface area contributed by atoms with Crippen LogP contribution in [0.15, 0.2) is 60.7 Å². The van der Waals surface area contributed by atoms with Gasteiger partial charge in [-0.2, -0.15) is 0 Å². The van der Waals surface area contributed by atoms with Crippen molar-refractivity contribution in [2.24, 2.45) is 16.2 Å². The summed E-state index contributed by atoms with van der Waals surface area (Å²) < 4.78 is 5.26. The number of benzene rings is 2. The Morgan fingerprint density at radius 3 is 1.42 bits per heavy atom. The Labute approximate surface area is 296 Å². The summed E-state index contributed by atoms with van der Waals surface area (Å²) in [6.07, 6.45) is -7.96. The number of hydrogen-bond acceptors (Lipinski definition) is 11. The predicted octanol–water partition coefficient (Wildman–Crippen LogP) is 3.16. The molecule has 7 N–H and O–H groups in total. The fourth-order valence-electron chi connectivity index (χ4n) is 4.24. The molecule has 0 saturated carbocycles. The lowest BCUT2D eigenvalue weighted by atomic mass is 9.84.